The predicted octanol–water partition coefficient (Wildman–Crippen LogP) is 2.36. The van der Waals surface area contributed by atoms with Crippen LogP contribution in [-0.4, -0.2) is 45.6 Å². The number of amides is 1. The lowest BCUT2D eigenvalue weighted by Gasteiger charge is -2.25. The van der Waals surface area contributed by atoms with Gasteiger partial charge in [-0.2, -0.15) is 0 Å². The van der Waals surface area contributed by atoms with Crippen molar-refractivity contribution in [2.45, 2.75) is 39.3 Å². The van der Waals surface area contributed by atoms with Gasteiger partial charge in [0.05, 0.1) is 36.3 Å². The summed E-state index contributed by atoms with van der Waals surface area (Å²) in [6, 6.07) is 7.40. The number of carbonyl (C=O) groups is 1. The Hall–Kier alpha value is -2.47. The number of aryl methyl sites for hydroxylation is 3. The van der Waals surface area contributed by atoms with Crippen molar-refractivity contribution in [2.75, 3.05) is 13.7 Å². The summed E-state index contributed by atoms with van der Waals surface area (Å²) >= 11 is 0. The van der Waals surface area contributed by atoms with E-state index in [2.05, 4.69) is 9.97 Å². The molecule has 1 fully saturated rings. The van der Waals surface area contributed by atoms with Crippen LogP contribution in [0.1, 0.15) is 45.6 Å². The summed E-state index contributed by atoms with van der Waals surface area (Å²) in [5.41, 5.74) is 3.47. The molecule has 6 heteroatoms. The third-order valence-electron chi connectivity index (χ3n) is 4.70. The fraction of sp³-hybridized carbons (Fsp3) is 0.421. The molecule has 1 N–H and O–H groups in total. The Kier molecular flexibility index (Phi) is 4.72. The molecule has 0 radical (unpaired) electrons. The first-order valence-corrected chi connectivity index (χ1v) is 8.35. The van der Waals surface area contributed by atoms with Gasteiger partial charge in [0.2, 0.25) is 0 Å². The van der Waals surface area contributed by atoms with Gasteiger partial charge in [0, 0.05) is 6.54 Å². The number of hydrogen-bond donors (Lipinski definition) is 1. The Morgan fingerprint density at radius 1 is 1.20 bits per heavy atom. The summed E-state index contributed by atoms with van der Waals surface area (Å²) in [7, 11) is 1.61. The monoisotopic (exact) mass is 341 g/mol. The van der Waals surface area contributed by atoms with Crippen LogP contribution in [-0.2, 0) is 0 Å². The normalized spacial score (nSPS) is 20.0. The molecule has 0 spiro atoms. The number of rotatable bonds is 3. The Morgan fingerprint density at radius 2 is 1.92 bits per heavy atom. The summed E-state index contributed by atoms with van der Waals surface area (Å²) in [6.07, 6.45) is -0.0593. The van der Waals surface area contributed by atoms with Crippen LogP contribution in [0.25, 0.3) is 0 Å². The molecule has 132 valence electrons. The van der Waals surface area contributed by atoms with Gasteiger partial charge in [-0.1, -0.05) is 12.1 Å². The molecule has 2 heterocycles. The first-order chi connectivity index (χ1) is 11.9. The first-order valence-electron chi connectivity index (χ1n) is 8.35. The number of aliphatic hydroxyl groups excluding tert-OH is 1. The van der Waals surface area contributed by atoms with E-state index in [4.69, 9.17) is 4.74 Å². The smallest absolute Gasteiger partial charge is 0.274 e. The van der Waals surface area contributed by atoms with Crippen LogP contribution in [0.5, 0.6) is 5.75 Å². The van der Waals surface area contributed by atoms with E-state index in [-0.39, 0.29) is 18.5 Å². The fourth-order valence-corrected chi connectivity index (χ4v) is 3.26. The number of methoxy groups -OCH3 is 1. The third kappa shape index (κ3) is 3.35. The van der Waals surface area contributed by atoms with E-state index in [1.165, 1.54) is 0 Å². The molecule has 1 aromatic carbocycles. The molecule has 0 saturated carbocycles. The Bertz CT molecular complexity index is 806. The van der Waals surface area contributed by atoms with Crippen LogP contribution < -0.4 is 4.74 Å². The number of carbonyl (C=O) groups excluding carboxylic acids is 1. The largest absolute Gasteiger partial charge is 0.497 e. The maximum Gasteiger partial charge on any atom is 0.274 e. The zero-order valence-electron chi connectivity index (χ0n) is 15.0. The Balaban J connectivity index is 1.96. The van der Waals surface area contributed by atoms with E-state index in [9.17, 15) is 9.90 Å². The summed E-state index contributed by atoms with van der Waals surface area (Å²) in [5, 5.41) is 10.2. The number of likely N-dealkylation sites (tertiary alicyclic amines) is 1. The zero-order chi connectivity index (χ0) is 18.1. The van der Waals surface area contributed by atoms with Gasteiger partial charge in [-0.15, -0.1) is 0 Å². The van der Waals surface area contributed by atoms with Gasteiger partial charge >= 0.3 is 0 Å². The number of benzene rings is 1. The molecular formula is C19H23N3O3. The SMILES string of the molecule is COc1cccc(C2CC(O)CN2C(=O)c2nc(C)c(C)nc2C)c1. The second kappa shape index (κ2) is 6.80. The van der Waals surface area contributed by atoms with Crippen molar-refractivity contribution in [1.29, 1.82) is 0 Å². The fourth-order valence-electron chi connectivity index (χ4n) is 3.26. The minimum absolute atomic E-state index is 0.197. The minimum atomic E-state index is -0.556. The molecule has 2 atom stereocenters. The maximum absolute atomic E-state index is 13.1. The summed E-state index contributed by atoms with van der Waals surface area (Å²) in [4.78, 5) is 23.6. The maximum atomic E-state index is 13.1. The molecule has 1 aliphatic heterocycles. The molecule has 25 heavy (non-hydrogen) atoms. The summed E-state index contributed by atoms with van der Waals surface area (Å²) in [6.45, 7) is 5.80. The zero-order valence-corrected chi connectivity index (χ0v) is 15.0. The number of β-amino-alcohol motifs (C(OH)–C–C–N with tert-alkyl or cyclic N) is 1. The van der Waals surface area contributed by atoms with Gasteiger partial charge in [-0.25, -0.2) is 4.98 Å². The van der Waals surface area contributed by atoms with E-state index >= 15 is 0 Å². The van der Waals surface area contributed by atoms with Gasteiger partial charge in [0.1, 0.15) is 11.4 Å². The molecule has 1 amide bonds. The molecule has 3 rings (SSSR count). The van der Waals surface area contributed by atoms with Gasteiger partial charge in [-0.05, 0) is 44.9 Å². The molecular weight excluding hydrogens is 318 g/mol. The Morgan fingerprint density at radius 3 is 2.64 bits per heavy atom. The average Bonchev–Trinajstić information content (AvgIpc) is 2.99. The van der Waals surface area contributed by atoms with Crippen LogP contribution in [0.4, 0.5) is 0 Å². The van der Waals surface area contributed by atoms with Crippen molar-refractivity contribution in [1.82, 2.24) is 14.9 Å². The van der Waals surface area contributed by atoms with E-state index in [0.29, 0.717) is 17.8 Å². The number of hydrogen-bond acceptors (Lipinski definition) is 5. The van der Waals surface area contributed by atoms with Crippen molar-refractivity contribution in [3.63, 3.8) is 0 Å². The number of nitrogens with zero attached hydrogens (tertiary/aromatic N) is 3. The van der Waals surface area contributed by atoms with Crippen molar-refractivity contribution >= 4 is 5.91 Å². The van der Waals surface area contributed by atoms with Crippen LogP contribution in [0.2, 0.25) is 0 Å². The lowest BCUT2D eigenvalue weighted by molar-refractivity contribution is 0.0708. The molecule has 0 aliphatic carbocycles. The Labute approximate surface area is 147 Å². The van der Waals surface area contributed by atoms with Crippen LogP contribution in [0, 0.1) is 20.8 Å². The van der Waals surface area contributed by atoms with Crippen LogP contribution in [0.15, 0.2) is 24.3 Å². The van der Waals surface area contributed by atoms with Gasteiger partial charge in [0.15, 0.2) is 0 Å². The first kappa shape index (κ1) is 17.4. The van der Waals surface area contributed by atoms with Gasteiger partial charge in [0.25, 0.3) is 5.91 Å². The molecule has 6 nitrogen and oxygen atoms in total. The highest BCUT2D eigenvalue weighted by Crippen LogP contribution is 2.34. The quantitative estimate of drug-likeness (QED) is 0.927. The second-order valence-electron chi connectivity index (χ2n) is 6.47. The lowest BCUT2D eigenvalue weighted by Crippen LogP contribution is -2.33. The molecule has 1 saturated heterocycles. The predicted molar refractivity (Wildman–Crippen MR) is 93.6 cm³/mol. The number of ether oxygens (including phenoxy) is 1. The second-order valence-corrected chi connectivity index (χ2v) is 6.47. The lowest BCUT2D eigenvalue weighted by atomic mass is 10.0. The van der Waals surface area contributed by atoms with Crippen molar-refractivity contribution < 1.29 is 14.6 Å². The summed E-state index contributed by atoms with van der Waals surface area (Å²) in [5.74, 6) is 0.533. The van der Waals surface area contributed by atoms with E-state index in [1.54, 1.807) is 18.9 Å². The highest BCUT2D eigenvalue weighted by atomic mass is 16.5. The van der Waals surface area contributed by atoms with Crippen LogP contribution in [0.3, 0.4) is 0 Å². The highest BCUT2D eigenvalue weighted by molar-refractivity contribution is 5.94. The van der Waals surface area contributed by atoms with Gasteiger partial charge < -0.3 is 14.7 Å². The van der Waals surface area contributed by atoms with E-state index in [1.807, 2.05) is 38.1 Å². The topological polar surface area (TPSA) is 75.6 Å². The van der Waals surface area contributed by atoms with Crippen LogP contribution >= 0.6 is 0 Å². The van der Waals surface area contributed by atoms with Crippen molar-refractivity contribution in [2.24, 2.45) is 0 Å². The molecule has 1 aromatic heterocycles. The van der Waals surface area contributed by atoms with Crippen molar-refractivity contribution in [3.8, 4) is 5.75 Å². The van der Waals surface area contributed by atoms with Gasteiger partial charge in [-0.3, -0.25) is 9.78 Å². The molecule has 2 aromatic rings. The minimum Gasteiger partial charge on any atom is -0.497 e. The molecule has 0 bridgehead atoms. The molecule has 1 aliphatic rings. The van der Waals surface area contributed by atoms with E-state index in [0.717, 1.165) is 22.7 Å². The third-order valence-corrected chi connectivity index (χ3v) is 4.70. The molecule has 2 unspecified atom stereocenters. The van der Waals surface area contributed by atoms with Crippen molar-refractivity contribution in [3.05, 3.63) is 52.6 Å². The average molecular weight is 341 g/mol. The van der Waals surface area contributed by atoms with E-state index < -0.39 is 6.10 Å². The number of aliphatic hydroxyl groups is 1. The standard InChI is InChI=1S/C19H23N3O3/c1-11-12(2)21-18(13(3)20-11)19(24)22-10-15(23)9-17(22)14-6-5-7-16(8-14)25-4/h5-8,15,17,23H,9-10H2,1-4H3. The summed E-state index contributed by atoms with van der Waals surface area (Å²) < 4.78 is 5.28. The number of aromatic nitrogens is 2. The highest BCUT2D eigenvalue weighted by Gasteiger charge is 2.37.